The maximum absolute atomic E-state index is 12.5. The molecule has 1 atom stereocenters. The number of hydrogen-bond donors (Lipinski definition) is 0. The van der Waals surface area contributed by atoms with Gasteiger partial charge < -0.3 is 9.64 Å². The normalized spacial score (nSPS) is 21.7. The Kier molecular flexibility index (Phi) is 7.66. The second-order valence-electron chi connectivity index (χ2n) is 7.98. The standard InChI is InChI=1S/C19H33N5O4S/c1-21(19(25)5-10-22-9-3-8-20-22)12-13-24(17-6-14-28-15-7-17)18-4-11-23(16-18)29(2,26)27/h3,8-9,17-18H,4-7,10-16H2,1-2H3. The molecule has 3 heterocycles. The second-order valence-corrected chi connectivity index (χ2v) is 9.96. The van der Waals surface area contributed by atoms with E-state index in [1.165, 1.54) is 6.26 Å². The first-order valence-corrected chi connectivity index (χ1v) is 12.2. The van der Waals surface area contributed by atoms with Gasteiger partial charge in [-0.2, -0.15) is 5.10 Å². The lowest BCUT2D eigenvalue weighted by molar-refractivity contribution is -0.130. The highest BCUT2D eigenvalue weighted by molar-refractivity contribution is 7.88. The Morgan fingerprint density at radius 3 is 2.59 bits per heavy atom. The van der Waals surface area contributed by atoms with Gasteiger partial charge in [-0.15, -0.1) is 0 Å². The van der Waals surface area contributed by atoms with E-state index in [-0.39, 0.29) is 11.9 Å². The predicted octanol–water partition coefficient (Wildman–Crippen LogP) is 0.247. The van der Waals surface area contributed by atoms with Crippen LogP contribution in [0.5, 0.6) is 0 Å². The van der Waals surface area contributed by atoms with Crippen LogP contribution in [0.15, 0.2) is 18.5 Å². The minimum absolute atomic E-state index is 0.0941. The van der Waals surface area contributed by atoms with Gasteiger partial charge in [0, 0.05) is 83.9 Å². The van der Waals surface area contributed by atoms with Gasteiger partial charge in [-0.25, -0.2) is 12.7 Å². The van der Waals surface area contributed by atoms with Crippen LogP contribution in [-0.2, 0) is 26.1 Å². The Labute approximate surface area is 173 Å². The van der Waals surface area contributed by atoms with Crippen LogP contribution in [0.1, 0.15) is 25.7 Å². The molecular weight excluding hydrogens is 394 g/mol. The van der Waals surface area contributed by atoms with E-state index in [2.05, 4.69) is 10.00 Å². The van der Waals surface area contributed by atoms with Crippen LogP contribution in [0.25, 0.3) is 0 Å². The Bertz CT molecular complexity index is 749. The number of aryl methyl sites for hydroxylation is 1. The van der Waals surface area contributed by atoms with Gasteiger partial charge >= 0.3 is 0 Å². The van der Waals surface area contributed by atoms with Crippen LogP contribution < -0.4 is 0 Å². The molecule has 0 aliphatic carbocycles. The average Bonchev–Trinajstić information content (AvgIpc) is 3.39. The van der Waals surface area contributed by atoms with E-state index in [1.807, 2.05) is 19.3 Å². The summed E-state index contributed by atoms with van der Waals surface area (Å²) in [6.07, 6.45) is 8.00. The molecule has 2 aliphatic rings. The molecule has 29 heavy (non-hydrogen) atoms. The maximum Gasteiger partial charge on any atom is 0.224 e. The van der Waals surface area contributed by atoms with Gasteiger partial charge in [-0.1, -0.05) is 0 Å². The third-order valence-corrected chi connectivity index (χ3v) is 7.23. The van der Waals surface area contributed by atoms with E-state index < -0.39 is 10.0 Å². The van der Waals surface area contributed by atoms with Crippen LogP contribution in [-0.4, -0.2) is 103 Å². The van der Waals surface area contributed by atoms with Crippen LogP contribution in [0.3, 0.4) is 0 Å². The fraction of sp³-hybridized carbons (Fsp3) is 0.789. The molecule has 2 aliphatic heterocycles. The third kappa shape index (κ3) is 6.24. The van der Waals surface area contributed by atoms with Crippen LogP contribution in [0.2, 0.25) is 0 Å². The summed E-state index contributed by atoms with van der Waals surface area (Å²) in [7, 11) is -1.33. The minimum Gasteiger partial charge on any atom is -0.381 e. The summed E-state index contributed by atoms with van der Waals surface area (Å²) in [4.78, 5) is 16.7. The van der Waals surface area contributed by atoms with E-state index in [0.717, 1.165) is 39.0 Å². The molecule has 3 rings (SSSR count). The zero-order valence-corrected chi connectivity index (χ0v) is 18.3. The van der Waals surface area contributed by atoms with Crippen molar-refractivity contribution in [2.24, 2.45) is 0 Å². The summed E-state index contributed by atoms with van der Waals surface area (Å²) in [6.45, 7) is 4.53. The average molecular weight is 428 g/mol. The SMILES string of the molecule is CN(CCN(C1CCOCC1)C1CCN(S(C)(=O)=O)C1)C(=O)CCn1cccn1. The fourth-order valence-corrected chi connectivity index (χ4v) is 5.07. The molecule has 0 saturated carbocycles. The van der Waals surface area contributed by atoms with Crippen LogP contribution in [0.4, 0.5) is 0 Å². The van der Waals surface area contributed by atoms with Gasteiger partial charge in [0.1, 0.15) is 0 Å². The smallest absolute Gasteiger partial charge is 0.224 e. The molecule has 0 spiro atoms. The molecule has 0 N–H and O–H groups in total. The molecule has 1 unspecified atom stereocenters. The number of carbonyl (C=O) groups excluding carboxylic acids is 1. The molecule has 0 radical (unpaired) electrons. The highest BCUT2D eigenvalue weighted by Gasteiger charge is 2.35. The van der Waals surface area contributed by atoms with Crippen molar-refractivity contribution in [2.45, 2.75) is 44.3 Å². The summed E-state index contributed by atoms with van der Waals surface area (Å²) in [5, 5.41) is 4.13. The van der Waals surface area contributed by atoms with Gasteiger partial charge in [0.05, 0.1) is 6.26 Å². The van der Waals surface area contributed by atoms with Crippen LogP contribution in [0, 0.1) is 0 Å². The summed E-state index contributed by atoms with van der Waals surface area (Å²) in [5.41, 5.74) is 0. The van der Waals surface area contributed by atoms with Crippen molar-refractivity contribution in [3.63, 3.8) is 0 Å². The van der Waals surface area contributed by atoms with Crippen molar-refractivity contribution in [2.75, 3.05) is 52.7 Å². The molecule has 10 heteroatoms. The zero-order chi connectivity index (χ0) is 20.9. The van der Waals surface area contributed by atoms with Gasteiger partial charge in [0.15, 0.2) is 0 Å². The molecule has 1 amide bonds. The molecule has 164 valence electrons. The quantitative estimate of drug-likeness (QED) is 0.561. The van der Waals surface area contributed by atoms with Crippen molar-refractivity contribution in [3.05, 3.63) is 18.5 Å². The van der Waals surface area contributed by atoms with Crippen molar-refractivity contribution in [1.29, 1.82) is 0 Å². The fourth-order valence-electron chi connectivity index (χ4n) is 4.19. The molecule has 2 saturated heterocycles. The number of sulfonamides is 1. The topological polar surface area (TPSA) is 88.0 Å². The Morgan fingerprint density at radius 2 is 1.97 bits per heavy atom. The molecule has 0 aromatic carbocycles. The number of carbonyl (C=O) groups is 1. The number of hydrogen-bond acceptors (Lipinski definition) is 6. The first-order chi connectivity index (χ1) is 13.8. The second kappa shape index (κ2) is 10.0. The summed E-state index contributed by atoms with van der Waals surface area (Å²) < 4.78 is 32.7. The minimum atomic E-state index is -3.16. The largest absolute Gasteiger partial charge is 0.381 e. The molecule has 1 aromatic rings. The molecular formula is C19H33N5O4S. The predicted molar refractivity (Wildman–Crippen MR) is 110 cm³/mol. The number of likely N-dealkylation sites (N-methyl/N-ethyl adjacent to an activating group) is 1. The summed E-state index contributed by atoms with van der Waals surface area (Å²) in [6, 6.07) is 2.42. The van der Waals surface area contributed by atoms with Crippen molar-refractivity contribution >= 4 is 15.9 Å². The first kappa shape index (κ1) is 22.2. The van der Waals surface area contributed by atoms with Gasteiger partial charge in [0.25, 0.3) is 0 Å². The van der Waals surface area contributed by atoms with Crippen molar-refractivity contribution in [3.8, 4) is 0 Å². The van der Waals surface area contributed by atoms with E-state index in [4.69, 9.17) is 4.74 Å². The first-order valence-electron chi connectivity index (χ1n) is 10.3. The molecule has 1 aromatic heterocycles. The number of aromatic nitrogens is 2. The number of ether oxygens (including phenoxy) is 1. The number of nitrogens with zero attached hydrogens (tertiary/aromatic N) is 5. The third-order valence-electron chi connectivity index (χ3n) is 5.96. The summed E-state index contributed by atoms with van der Waals surface area (Å²) >= 11 is 0. The highest BCUT2D eigenvalue weighted by atomic mass is 32.2. The molecule has 9 nitrogen and oxygen atoms in total. The van der Waals surface area contributed by atoms with E-state index in [1.54, 1.807) is 20.1 Å². The highest BCUT2D eigenvalue weighted by Crippen LogP contribution is 2.24. The van der Waals surface area contributed by atoms with Gasteiger partial charge in [-0.3, -0.25) is 14.4 Å². The Morgan fingerprint density at radius 1 is 1.21 bits per heavy atom. The Hall–Kier alpha value is -1.49. The number of rotatable bonds is 9. The van der Waals surface area contributed by atoms with E-state index >= 15 is 0 Å². The van der Waals surface area contributed by atoms with Gasteiger partial charge in [-0.05, 0) is 25.3 Å². The van der Waals surface area contributed by atoms with E-state index in [0.29, 0.717) is 38.6 Å². The summed E-state index contributed by atoms with van der Waals surface area (Å²) in [5.74, 6) is 0.0941. The maximum atomic E-state index is 12.5. The monoisotopic (exact) mass is 427 g/mol. The molecule has 2 fully saturated rings. The zero-order valence-electron chi connectivity index (χ0n) is 17.4. The lowest BCUT2D eigenvalue weighted by atomic mass is 10.0. The van der Waals surface area contributed by atoms with Crippen molar-refractivity contribution < 1.29 is 17.9 Å². The Balaban J connectivity index is 1.55. The molecule has 0 bridgehead atoms. The lowest BCUT2D eigenvalue weighted by Crippen LogP contribution is -2.50. The lowest BCUT2D eigenvalue weighted by Gasteiger charge is -2.39. The van der Waals surface area contributed by atoms with Gasteiger partial charge in [0.2, 0.25) is 15.9 Å². The number of amides is 1. The van der Waals surface area contributed by atoms with E-state index in [9.17, 15) is 13.2 Å². The van der Waals surface area contributed by atoms with Crippen molar-refractivity contribution in [1.82, 2.24) is 23.9 Å². The van der Waals surface area contributed by atoms with Crippen LogP contribution >= 0.6 is 0 Å².